The first-order valence-corrected chi connectivity index (χ1v) is 5.62. The lowest BCUT2D eigenvalue weighted by molar-refractivity contribution is -0.267. The van der Waals surface area contributed by atoms with Crippen LogP contribution in [-0.4, -0.2) is 54.2 Å². The number of ether oxygens (including phenoxy) is 4. The molecule has 0 aliphatic carbocycles. The summed E-state index contributed by atoms with van der Waals surface area (Å²) in [6.45, 7) is 3.29. The fourth-order valence-electron chi connectivity index (χ4n) is 1.72. The van der Waals surface area contributed by atoms with Crippen LogP contribution < -0.4 is 0 Å². The van der Waals surface area contributed by atoms with E-state index >= 15 is 0 Å². The van der Waals surface area contributed by atoms with Crippen molar-refractivity contribution in [2.75, 3.05) is 6.61 Å². The van der Waals surface area contributed by atoms with Crippen molar-refractivity contribution in [2.45, 2.75) is 45.4 Å². The average molecular weight is 276 g/mol. The number of hydrogen-bond acceptors (Lipinski definition) is 8. The van der Waals surface area contributed by atoms with E-state index in [4.69, 9.17) is 18.9 Å². The summed E-state index contributed by atoms with van der Waals surface area (Å²) < 4.78 is 19.6. The highest BCUT2D eigenvalue weighted by Crippen LogP contribution is 2.23. The van der Waals surface area contributed by atoms with Gasteiger partial charge in [0.2, 0.25) is 0 Å². The highest BCUT2D eigenvalue weighted by atomic mass is 16.7. The van der Waals surface area contributed by atoms with Gasteiger partial charge < -0.3 is 24.1 Å². The Morgan fingerprint density at radius 3 is 1.89 bits per heavy atom. The zero-order valence-electron chi connectivity index (χ0n) is 10.8. The molecule has 0 saturated carbocycles. The van der Waals surface area contributed by atoms with E-state index in [0.29, 0.717) is 0 Å². The largest absolute Gasteiger partial charge is 0.456 e. The summed E-state index contributed by atoms with van der Waals surface area (Å²) in [6.07, 6.45) is -4.78. The Morgan fingerprint density at radius 2 is 1.42 bits per heavy atom. The van der Waals surface area contributed by atoms with E-state index in [0.717, 1.165) is 13.8 Å². The van der Waals surface area contributed by atoms with Crippen LogP contribution in [0.15, 0.2) is 0 Å². The molecule has 1 saturated heterocycles. The molecule has 1 fully saturated rings. The molecule has 1 rings (SSSR count). The summed E-state index contributed by atoms with van der Waals surface area (Å²) in [6, 6.07) is 0. The topological polar surface area (TPSA) is 108 Å². The molecule has 0 aromatic rings. The van der Waals surface area contributed by atoms with E-state index in [2.05, 4.69) is 0 Å². The van der Waals surface area contributed by atoms with Gasteiger partial charge in [-0.1, -0.05) is 0 Å². The van der Waals surface area contributed by atoms with Crippen LogP contribution in [-0.2, 0) is 33.3 Å². The Kier molecular flexibility index (Phi) is 5.25. The molecule has 0 bridgehead atoms. The van der Waals surface area contributed by atoms with Crippen LogP contribution in [0.3, 0.4) is 0 Å². The van der Waals surface area contributed by atoms with Gasteiger partial charge in [-0.15, -0.1) is 0 Å². The maximum atomic E-state index is 11.1. The molecule has 8 nitrogen and oxygen atoms in total. The highest BCUT2D eigenvalue weighted by molar-refractivity contribution is 5.68. The first kappa shape index (κ1) is 15.4. The van der Waals surface area contributed by atoms with Crippen molar-refractivity contribution in [3.63, 3.8) is 0 Å². The second kappa shape index (κ2) is 6.48. The molecule has 19 heavy (non-hydrogen) atoms. The summed E-state index contributed by atoms with van der Waals surface area (Å²) in [4.78, 5) is 33.0. The van der Waals surface area contributed by atoms with Crippen LogP contribution in [0, 0.1) is 0 Å². The zero-order valence-corrected chi connectivity index (χ0v) is 10.8. The van der Waals surface area contributed by atoms with Gasteiger partial charge in [0.05, 0.1) is 6.61 Å². The predicted octanol–water partition coefficient (Wildman–Crippen LogP) is -0.870. The molecule has 0 spiro atoms. The van der Waals surface area contributed by atoms with Gasteiger partial charge in [-0.2, -0.15) is 0 Å². The van der Waals surface area contributed by atoms with Crippen LogP contribution >= 0.6 is 0 Å². The number of hydrogen-bond donors (Lipinski definition) is 1. The monoisotopic (exact) mass is 276 g/mol. The third-order valence-corrected chi connectivity index (χ3v) is 2.32. The van der Waals surface area contributed by atoms with Crippen molar-refractivity contribution in [3.05, 3.63) is 0 Å². The minimum Gasteiger partial charge on any atom is -0.456 e. The van der Waals surface area contributed by atoms with E-state index in [9.17, 15) is 19.5 Å². The van der Waals surface area contributed by atoms with E-state index < -0.39 is 42.5 Å². The molecular weight excluding hydrogens is 260 g/mol. The quantitative estimate of drug-likeness (QED) is 0.523. The minimum atomic E-state index is -1.46. The number of aliphatic hydroxyl groups excluding tert-OH is 1. The van der Waals surface area contributed by atoms with Gasteiger partial charge >= 0.3 is 17.9 Å². The minimum absolute atomic E-state index is 0.170. The van der Waals surface area contributed by atoms with Gasteiger partial charge in [-0.25, -0.2) is 0 Å². The number of carbonyl (C=O) groups excluding carboxylic acids is 3. The van der Waals surface area contributed by atoms with E-state index in [1.807, 2.05) is 0 Å². The van der Waals surface area contributed by atoms with Crippen molar-refractivity contribution in [3.8, 4) is 0 Å². The second-order valence-electron chi connectivity index (χ2n) is 4.02. The van der Waals surface area contributed by atoms with E-state index in [-0.39, 0.29) is 6.61 Å². The van der Waals surface area contributed by atoms with Gasteiger partial charge in [0.1, 0.15) is 0 Å². The van der Waals surface area contributed by atoms with Crippen LogP contribution in [0.4, 0.5) is 0 Å². The molecule has 1 aliphatic rings. The third-order valence-electron chi connectivity index (χ3n) is 2.32. The fraction of sp³-hybridized carbons (Fsp3) is 0.727. The smallest absolute Gasteiger partial charge is 0.303 e. The van der Waals surface area contributed by atoms with Crippen molar-refractivity contribution < 1.29 is 38.4 Å². The lowest BCUT2D eigenvalue weighted by Crippen LogP contribution is -2.57. The SMILES string of the molecule is CC(=O)OC1[C@H](O)OC[C@H](OC(C)=O)[C@@H]1OC(C)=O. The summed E-state index contributed by atoms with van der Waals surface area (Å²) >= 11 is 0. The molecule has 0 aromatic heterocycles. The Bertz CT molecular complexity index is 366. The summed E-state index contributed by atoms with van der Waals surface area (Å²) in [5, 5.41) is 9.62. The van der Waals surface area contributed by atoms with Gasteiger partial charge in [-0.05, 0) is 0 Å². The summed E-state index contributed by atoms with van der Waals surface area (Å²) in [5.74, 6) is -1.95. The Labute approximate surface area is 109 Å². The molecule has 8 heteroatoms. The number of rotatable bonds is 3. The van der Waals surface area contributed by atoms with Crippen LogP contribution in [0.5, 0.6) is 0 Å². The molecule has 1 heterocycles. The van der Waals surface area contributed by atoms with Crippen molar-refractivity contribution >= 4 is 17.9 Å². The highest BCUT2D eigenvalue weighted by Gasteiger charge is 2.46. The molecule has 0 radical (unpaired) electrons. The molecule has 108 valence electrons. The second-order valence-corrected chi connectivity index (χ2v) is 4.02. The average Bonchev–Trinajstić information content (AvgIpc) is 2.25. The number of aliphatic hydroxyl groups is 1. The van der Waals surface area contributed by atoms with Gasteiger partial charge in [0, 0.05) is 20.8 Å². The summed E-state index contributed by atoms with van der Waals surface area (Å²) in [7, 11) is 0. The normalized spacial score (nSPS) is 30.3. The molecule has 4 atom stereocenters. The Balaban J connectivity index is 2.89. The van der Waals surface area contributed by atoms with E-state index in [1.165, 1.54) is 6.92 Å². The molecule has 1 unspecified atom stereocenters. The van der Waals surface area contributed by atoms with Crippen LogP contribution in [0.25, 0.3) is 0 Å². The van der Waals surface area contributed by atoms with Gasteiger partial charge in [-0.3, -0.25) is 14.4 Å². The van der Waals surface area contributed by atoms with E-state index in [1.54, 1.807) is 0 Å². The standard InChI is InChI=1S/C11H16O8/c1-5(12)17-8-4-16-11(15)10(19-7(3)14)9(8)18-6(2)13/h8-11,15H,4H2,1-3H3/t8-,9-,10?,11+/m0/s1. The van der Waals surface area contributed by atoms with Crippen molar-refractivity contribution in [1.82, 2.24) is 0 Å². The Morgan fingerprint density at radius 1 is 0.947 bits per heavy atom. The lowest BCUT2D eigenvalue weighted by Gasteiger charge is -2.38. The van der Waals surface area contributed by atoms with Crippen LogP contribution in [0.2, 0.25) is 0 Å². The molecule has 1 aliphatic heterocycles. The van der Waals surface area contributed by atoms with Crippen LogP contribution in [0.1, 0.15) is 20.8 Å². The zero-order chi connectivity index (χ0) is 14.6. The maximum absolute atomic E-state index is 11.1. The van der Waals surface area contributed by atoms with Crippen molar-refractivity contribution in [2.24, 2.45) is 0 Å². The first-order chi connectivity index (χ1) is 8.81. The number of esters is 3. The maximum Gasteiger partial charge on any atom is 0.303 e. The molecule has 1 N–H and O–H groups in total. The molecule has 0 aromatic carbocycles. The Hall–Kier alpha value is -1.67. The predicted molar refractivity (Wildman–Crippen MR) is 58.6 cm³/mol. The fourth-order valence-corrected chi connectivity index (χ4v) is 1.72. The third kappa shape index (κ3) is 4.49. The number of carbonyl (C=O) groups is 3. The van der Waals surface area contributed by atoms with Crippen molar-refractivity contribution in [1.29, 1.82) is 0 Å². The summed E-state index contributed by atoms with van der Waals surface area (Å²) in [5.41, 5.74) is 0. The molecule has 0 amide bonds. The molecular formula is C11H16O8. The van der Waals surface area contributed by atoms with Gasteiger partial charge in [0.25, 0.3) is 0 Å². The van der Waals surface area contributed by atoms with Gasteiger partial charge in [0.15, 0.2) is 24.6 Å². The first-order valence-electron chi connectivity index (χ1n) is 5.62. The lowest BCUT2D eigenvalue weighted by atomic mass is 10.0.